The number of aryl methyl sites for hydroxylation is 1. The predicted octanol–water partition coefficient (Wildman–Crippen LogP) is 3.87. The summed E-state index contributed by atoms with van der Waals surface area (Å²) in [7, 11) is 0. The van der Waals surface area contributed by atoms with Gasteiger partial charge in [-0.2, -0.15) is 4.98 Å². The first kappa shape index (κ1) is 16.6. The predicted molar refractivity (Wildman–Crippen MR) is 94.7 cm³/mol. The SMILES string of the molecule is Cc1nc(-c2ccccc2)ccc1-c1nc(C2(N)CCC2)no1.Cl. The zero-order chi connectivity index (χ0) is 15.9. The van der Waals surface area contributed by atoms with Crippen LogP contribution in [0.2, 0.25) is 0 Å². The van der Waals surface area contributed by atoms with Crippen LogP contribution in [0, 0.1) is 6.92 Å². The summed E-state index contributed by atoms with van der Waals surface area (Å²) in [5.74, 6) is 1.09. The van der Waals surface area contributed by atoms with E-state index in [0.29, 0.717) is 11.7 Å². The van der Waals surface area contributed by atoms with Crippen molar-refractivity contribution in [2.45, 2.75) is 31.7 Å². The smallest absolute Gasteiger partial charge is 0.259 e. The molecule has 1 saturated carbocycles. The van der Waals surface area contributed by atoms with E-state index in [9.17, 15) is 0 Å². The number of halogens is 1. The molecule has 2 aromatic heterocycles. The van der Waals surface area contributed by atoms with Crippen molar-refractivity contribution in [3.05, 3.63) is 54.0 Å². The summed E-state index contributed by atoms with van der Waals surface area (Å²) >= 11 is 0. The van der Waals surface area contributed by atoms with E-state index in [1.54, 1.807) is 0 Å². The van der Waals surface area contributed by atoms with Gasteiger partial charge in [0.1, 0.15) is 0 Å². The third-order valence-electron chi connectivity index (χ3n) is 4.50. The number of hydrogen-bond donors (Lipinski definition) is 1. The first-order valence-corrected chi connectivity index (χ1v) is 7.82. The third-order valence-corrected chi connectivity index (χ3v) is 4.50. The van der Waals surface area contributed by atoms with Crippen molar-refractivity contribution >= 4 is 12.4 Å². The van der Waals surface area contributed by atoms with Crippen molar-refractivity contribution in [1.82, 2.24) is 15.1 Å². The Morgan fingerprint density at radius 1 is 1.04 bits per heavy atom. The van der Waals surface area contributed by atoms with E-state index < -0.39 is 5.54 Å². The van der Waals surface area contributed by atoms with Crippen molar-refractivity contribution < 1.29 is 4.52 Å². The van der Waals surface area contributed by atoms with Crippen LogP contribution in [0.5, 0.6) is 0 Å². The average molecular weight is 343 g/mol. The summed E-state index contributed by atoms with van der Waals surface area (Å²) < 4.78 is 5.42. The molecule has 0 unspecified atom stereocenters. The molecule has 1 fully saturated rings. The molecule has 0 radical (unpaired) electrons. The van der Waals surface area contributed by atoms with Gasteiger partial charge in [-0.3, -0.25) is 4.98 Å². The zero-order valence-electron chi connectivity index (χ0n) is 13.4. The van der Waals surface area contributed by atoms with Crippen LogP contribution in [0.15, 0.2) is 47.0 Å². The van der Waals surface area contributed by atoms with Gasteiger partial charge in [0, 0.05) is 5.56 Å². The molecular formula is C18H19ClN4O. The number of rotatable bonds is 3. The second-order valence-electron chi connectivity index (χ2n) is 6.13. The average Bonchev–Trinajstić information content (AvgIpc) is 3.03. The molecule has 1 aromatic carbocycles. The molecule has 0 saturated heterocycles. The van der Waals surface area contributed by atoms with Gasteiger partial charge in [0.15, 0.2) is 5.82 Å². The van der Waals surface area contributed by atoms with Crippen molar-refractivity contribution in [3.63, 3.8) is 0 Å². The van der Waals surface area contributed by atoms with Crippen LogP contribution in [0.1, 0.15) is 30.8 Å². The molecule has 3 aromatic rings. The van der Waals surface area contributed by atoms with E-state index >= 15 is 0 Å². The van der Waals surface area contributed by atoms with Gasteiger partial charge >= 0.3 is 0 Å². The normalized spacial score (nSPS) is 15.4. The molecular weight excluding hydrogens is 324 g/mol. The standard InChI is InChI=1S/C18H18N4O.ClH/c1-12-14(8-9-15(20-12)13-6-3-2-4-7-13)16-21-17(22-23-16)18(19)10-5-11-18;/h2-4,6-9H,5,10-11,19H2,1H3;1H. The summed E-state index contributed by atoms with van der Waals surface area (Å²) in [6.07, 6.45) is 2.94. The maximum absolute atomic E-state index is 6.25. The molecule has 24 heavy (non-hydrogen) atoms. The summed E-state index contributed by atoms with van der Waals surface area (Å²) in [6, 6.07) is 14.0. The molecule has 1 aliphatic carbocycles. The Bertz CT molecular complexity index is 843. The molecule has 0 amide bonds. The first-order chi connectivity index (χ1) is 11.2. The largest absolute Gasteiger partial charge is 0.334 e. The summed E-state index contributed by atoms with van der Waals surface area (Å²) in [4.78, 5) is 9.16. The highest BCUT2D eigenvalue weighted by Gasteiger charge is 2.39. The van der Waals surface area contributed by atoms with Gasteiger partial charge in [0.2, 0.25) is 0 Å². The van der Waals surface area contributed by atoms with Crippen LogP contribution in [-0.4, -0.2) is 15.1 Å². The van der Waals surface area contributed by atoms with Crippen molar-refractivity contribution in [2.24, 2.45) is 5.73 Å². The van der Waals surface area contributed by atoms with E-state index in [2.05, 4.69) is 15.1 Å². The Morgan fingerprint density at radius 3 is 2.42 bits per heavy atom. The Kier molecular flexibility index (Phi) is 4.39. The van der Waals surface area contributed by atoms with Gasteiger partial charge in [0.05, 0.1) is 22.5 Å². The molecule has 6 heteroatoms. The third kappa shape index (κ3) is 2.81. The highest BCUT2D eigenvalue weighted by molar-refractivity contribution is 5.85. The number of benzene rings is 1. The Labute approximate surface area is 146 Å². The maximum atomic E-state index is 6.25. The number of pyridine rings is 1. The number of nitrogens with zero attached hydrogens (tertiary/aromatic N) is 3. The van der Waals surface area contributed by atoms with Gasteiger partial charge < -0.3 is 10.3 Å². The quantitative estimate of drug-likeness (QED) is 0.781. The second-order valence-corrected chi connectivity index (χ2v) is 6.13. The minimum absolute atomic E-state index is 0. The van der Waals surface area contributed by atoms with Crippen molar-refractivity contribution in [3.8, 4) is 22.7 Å². The highest BCUT2D eigenvalue weighted by Crippen LogP contribution is 2.38. The molecule has 1 aliphatic rings. The van der Waals surface area contributed by atoms with Crippen molar-refractivity contribution in [1.29, 1.82) is 0 Å². The highest BCUT2D eigenvalue weighted by atomic mass is 35.5. The molecule has 0 spiro atoms. The van der Waals surface area contributed by atoms with E-state index in [-0.39, 0.29) is 12.4 Å². The molecule has 124 valence electrons. The number of nitrogens with two attached hydrogens (primary N) is 1. The number of aromatic nitrogens is 3. The van der Waals surface area contributed by atoms with E-state index in [0.717, 1.165) is 41.8 Å². The topological polar surface area (TPSA) is 77.8 Å². The minimum atomic E-state index is -0.410. The lowest BCUT2D eigenvalue weighted by molar-refractivity contribution is 0.229. The van der Waals surface area contributed by atoms with Gasteiger partial charge in [-0.05, 0) is 38.3 Å². The van der Waals surface area contributed by atoms with Crippen molar-refractivity contribution in [2.75, 3.05) is 0 Å². The Morgan fingerprint density at radius 2 is 1.79 bits per heavy atom. The van der Waals surface area contributed by atoms with Gasteiger partial charge in [-0.25, -0.2) is 0 Å². The fourth-order valence-electron chi connectivity index (χ4n) is 2.87. The molecule has 4 rings (SSSR count). The second kappa shape index (κ2) is 6.34. The lowest BCUT2D eigenvalue weighted by Gasteiger charge is -2.34. The number of hydrogen-bond acceptors (Lipinski definition) is 5. The lowest BCUT2D eigenvalue weighted by atomic mass is 9.77. The maximum Gasteiger partial charge on any atom is 0.259 e. The Balaban J connectivity index is 0.00000169. The minimum Gasteiger partial charge on any atom is -0.334 e. The lowest BCUT2D eigenvalue weighted by Crippen LogP contribution is -2.44. The Hall–Kier alpha value is -2.24. The van der Waals surface area contributed by atoms with E-state index in [1.807, 2.05) is 49.4 Å². The van der Waals surface area contributed by atoms with Gasteiger partial charge in [0.25, 0.3) is 5.89 Å². The molecule has 2 heterocycles. The fraction of sp³-hybridized carbons (Fsp3) is 0.278. The first-order valence-electron chi connectivity index (χ1n) is 7.82. The van der Waals surface area contributed by atoms with Gasteiger partial charge in [-0.1, -0.05) is 35.5 Å². The molecule has 0 atom stereocenters. The van der Waals surface area contributed by atoms with E-state index in [1.165, 1.54) is 0 Å². The monoisotopic (exact) mass is 342 g/mol. The summed E-state index contributed by atoms with van der Waals surface area (Å²) in [5.41, 5.74) is 9.58. The van der Waals surface area contributed by atoms with Crippen LogP contribution in [-0.2, 0) is 5.54 Å². The van der Waals surface area contributed by atoms with Crippen LogP contribution < -0.4 is 5.73 Å². The van der Waals surface area contributed by atoms with Crippen LogP contribution >= 0.6 is 12.4 Å². The zero-order valence-corrected chi connectivity index (χ0v) is 14.2. The van der Waals surface area contributed by atoms with E-state index in [4.69, 9.17) is 10.3 Å². The molecule has 0 aliphatic heterocycles. The van der Waals surface area contributed by atoms with Crippen LogP contribution in [0.4, 0.5) is 0 Å². The molecule has 2 N–H and O–H groups in total. The molecule has 0 bridgehead atoms. The molecule has 5 nitrogen and oxygen atoms in total. The fourth-order valence-corrected chi connectivity index (χ4v) is 2.87. The summed E-state index contributed by atoms with van der Waals surface area (Å²) in [6.45, 7) is 1.95. The summed E-state index contributed by atoms with van der Waals surface area (Å²) in [5, 5.41) is 4.07. The van der Waals surface area contributed by atoms with Crippen LogP contribution in [0.3, 0.4) is 0 Å². The van der Waals surface area contributed by atoms with Crippen LogP contribution in [0.25, 0.3) is 22.7 Å². The van der Waals surface area contributed by atoms with Gasteiger partial charge in [-0.15, -0.1) is 12.4 Å².